The van der Waals surface area contributed by atoms with Gasteiger partial charge in [0.2, 0.25) is 0 Å². The number of benzene rings is 1. The van der Waals surface area contributed by atoms with Gasteiger partial charge in [0.25, 0.3) is 5.91 Å². The molecule has 0 saturated heterocycles. The zero-order valence-electron chi connectivity index (χ0n) is 13.8. The second kappa shape index (κ2) is 8.51. The van der Waals surface area contributed by atoms with Crippen molar-refractivity contribution in [3.63, 3.8) is 0 Å². The quantitative estimate of drug-likeness (QED) is 0.718. The van der Waals surface area contributed by atoms with E-state index in [4.69, 9.17) is 32.7 Å². The molecule has 0 bridgehead atoms. The van der Waals surface area contributed by atoms with E-state index in [9.17, 15) is 9.59 Å². The molecule has 0 aliphatic heterocycles. The number of rotatable bonds is 5. The van der Waals surface area contributed by atoms with E-state index in [2.05, 4.69) is 4.99 Å². The van der Waals surface area contributed by atoms with Gasteiger partial charge in [-0.25, -0.2) is 4.79 Å². The Morgan fingerprint density at radius 2 is 2.04 bits per heavy atom. The van der Waals surface area contributed by atoms with E-state index in [1.807, 2.05) is 0 Å². The Morgan fingerprint density at radius 1 is 1.32 bits per heavy atom. The molecule has 0 atom stereocenters. The smallest absolute Gasteiger partial charge is 0.350 e. The molecule has 134 valence electrons. The van der Waals surface area contributed by atoms with Crippen molar-refractivity contribution >= 4 is 46.4 Å². The predicted molar refractivity (Wildman–Crippen MR) is 96.5 cm³/mol. The normalized spacial score (nSPS) is 11.5. The minimum atomic E-state index is -0.502. The van der Waals surface area contributed by atoms with Crippen LogP contribution in [0.5, 0.6) is 5.75 Å². The Labute approximate surface area is 158 Å². The van der Waals surface area contributed by atoms with Crippen LogP contribution in [0.3, 0.4) is 0 Å². The molecule has 1 aromatic heterocycles. The maximum Gasteiger partial charge on any atom is 0.350 e. The number of halogens is 2. The highest BCUT2D eigenvalue weighted by Gasteiger charge is 2.16. The number of carbonyl (C=O) groups is 2. The highest BCUT2D eigenvalue weighted by atomic mass is 35.5. The summed E-state index contributed by atoms with van der Waals surface area (Å²) in [5.74, 6) is -0.592. The Balaban J connectivity index is 2.15. The molecule has 0 aliphatic carbocycles. The van der Waals surface area contributed by atoms with Gasteiger partial charge in [-0.05, 0) is 32.0 Å². The van der Waals surface area contributed by atoms with E-state index >= 15 is 0 Å². The van der Waals surface area contributed by atoms with Gasteiger partial charge in [-0.2, -0.15) is 4.99 Å². The van der Waals surface area contributed by atoms with Gasteiger partial charge in [0, 0.05) is 17.8 Å². The van der Waals surface area contributed by atoms with Crippen LogP contribution in [0.4, 0.5) is 0 Å². The fourth-order valence-corrected chi connectivity index (χ4v) is 3.38. The molecule has 6 nitrogen and oxygen atoms in total. The average Bonchev–Trinajstić information content (AvgIpc) is 2.83. The third-order valence-corrected chi connectivity index (χ3v) is 4.98. The number of thiazole rings is 1. The van der Waals surface area contributed by atoms with Crippen molar-refractivity contribution in [2.75, 3.05) is 13.2 Å². The first-order valence-corrected chi connectivity index (χ1v) is 8.89. The maximum atomic E-state index is 12.0. The van der Waals surface area contributed by atoms with E-state index in [1.54, 1.807) is 37.6 Å². The van der Waals surface area contributed by atoms with Crippen molar-refractivity contribution in [1.82, 2.24) is 4.57 Å². The van der Waals surface area contributed by atoms with E-state index in [1.165, 1.54) is 6.07 Å². The third-order valence-electron chi connectivity index (χ3n) is 3.24. The van der Waals surface area contributed by atoms with E-state index < -0.39 is 11.9 Å². The van der Waals surface area contributed by atoms with Gasteiger partial charge in [0.1, 0.15) is 10.6 Å². The van der Waals surface area contributed by atoms with Crippen LogP contribution in [0, 0.1) is 6.92 Å². The van der Waals surface area contributed by atoms with Crippen LogP contribution in [0.25, 0.3) is 0 Å². The van der Waals surface area contributed by atoms with Gasteiger partial charge in [-0.1, -0.05) is 34.5 Å². The predicted octanol–water partition coefficient (Wildman–Crippen LogP) is 3.38. The van der Waals surface area contributed by atoms with Crippen molar-refractivity contribution in [1.29, 1.82) is 0 Å². The van der Waals surface area contributed by atoms with E-state index in [0.29, 0.717) is 31.2 Å². The lowest BCUT2D eigenvalue weighted by molar-refractivity contribution is -0.120. The van der Waals surface area contributed by atoms with Crippen molar-refractivity contribution in [3.05, 3.63) is 43.6 Å². The Bertz CT molecular complexity index is 874. The number of carbonyl (C=O) groups excluding carboxylic acids is 2. The summed E-state index contributed by atoms with van der Waals surface area (Å²) in [5.41, 5.74) is 0.677. The fraction of sp³-hybridized carbons (Fsp3) is 0.312. The Kier molecular flexibility index (Phi) is 6.64. The lowest BCUT2D eigenvalue weighted by Gasteiger charge is -2.05. The molecule has 1 heterocycles. The van der Waals surface area contributed by atoms with Gasteiger partial charge < -0.3 is 14.0 Å². The number of ether oxygens (including phenoxy) is 2. The van der Waals surface area contributed by atoms with Crippen molar-refractivity contribution in [2.45, 2.75) is 13.8 Å². The molecule has 9 heteroatoms. The second-order valence-corrected chi connectivity index (χ2v) is 6.77. The highest BCUT2D eigenvalue weighted by Crippen LogP contribution is 2.27. The summed E-state index contributed by atoms with van der Waals surface area (Å²) < 4.78 is 12.0. The molecule has 0 unspecified atom stereocenters. The van der Waals surface area contributed by atoms with E-state index in [-0.39, 0.29) is 13.2 Å². The van der Waals surface area contributed by atoms with Crippen LogP contribution in [0.15, 0.2) is 23.2 Å². The number of nitrogens with zero attached hydrogens (tertiary/aromatic N) is 2. The van der Waals surface area contributed by atoms with Gasteiger partial charge in [0.15, 0.2) is 11.4 Å². The van der Waals surface area contributed by atoms with Crippen LogP contribution in [0.1, 0.15) is 22.3 Å². The molecule has 0 N–H and O–H groups in total. The van der Waals surface area contributed by atoms with Gasteiger partial charge in [0.05, 0.1) is 11.6 Å². The number of hydrogen-bond acceptors (Lipinski definition) is 5. The van der Waals surface area contributed by atoms with Crippen LogP contribution < -0.4 is 9.54 Å². The molecule has 0 saturated carbocycles. The molecule has 25 heavy (non-hydrogen) atoms. The first kappa shape index (κ1) is 19.5. The molecule has 0 spiro atoms. The monoisotopic (exact) mass is 402 g/mol. The summed E-state index contributed by atoms with van der Waals surface area (Å²) in [5, 5.41) is 0.781. The zero-order valence-corrected chi connectivity index (χ0v) is 16.2. The van der Waals surface area contributed by atoms with Crippen LogP contribution in [0.2, 0.25) is 10.0 Å². The zero-order chi connectivity index (χ0) is 18.6. The van der Waals surface area contributed by atoms with Gasteiger partial charge >= 0.3 is 5.97 Å². The summed E-state index contributed by atoms with van der Waals surface area (Å²) in [7, 11) is 1.72. The first-order chi connectivity index (χ1) is 11.8. The van der Waals surface area contributed by atoms with Gasteiger partial charge in [-0.3, -0.25) is 4.79 Å². The molecule has 2 rings (SSSR count). The van der Waals surface area contributed by atoms with Crippen molar-refractivity contribution in [3.8, 4) is 5.75 Å². The maximum absolute atomic E-state index is 12.0. The van der Waals surface area contributed by atoms with Crippen LogP contribution in [-0.4, -0.2) is 29.7 Å². The lowest BCUT2D eigenvalue weighted by atomic mass is 10.3. The number of aromatic nitrogens is 1. The summed E-state index contributed by atoms with van der Waals surface area (Å²) in [4.78, 5) is 28.7. The minimum Gasteiger partial charge on any atom is -0.482 e. The molecule has 0 radical (unpaired) electrons. The summed E-state index contributed by atoms with van der Waals surface area (Å²) in [6.07, 6.45) is 0. The van der Waals surface area contributed by atoms with Crippen LogP contribution in [-0.2, 0) is 16.6 Å². The second-order valence-electron chi connectivity index (χ2n) is 4.95. The molecular weight excluding hydrogens is 387 g/mol. The van der Waals surface area contributed by atoms with E-state index in [0.717, 1.165) is 11.3 Å². The molecule has 0 fully saturated rings. The molecule has 2 aromatic rings. The molecular formula is C16H16Cl2N2O4S. The Hall–Kier alpha value is -1.83. The highest BCUT2D eigenvalue weighted by molar-refractivity contribution is 7.11. The standard InChI is InChI=1S/C16H16Cl2N2O4S/c1-4-23-15(22)14-9(2)20(3)16(25-14)19-13(21)8-24-12-6-5-10(17)7-11(12)18/h5-7H,4,8H2,1-3H3. The summed E-state index contributed by atoms with van der Waals surface area (Å²) in [6, 6.07) is 4.71. The van der Waals surface area contributed by atoms with Gasteiger partial charge in [-0.15, -0.1) is 0 Å². The number of esters is 1. The topological polar surface area (TPSA) is 69.9 Å². The number of hydrogen-bond donors (Lipinski definition) is 0. The van der Waals surface area contributed by atoms with Crippen molar-refractivity contribution < 1.29 is 19.1 Å². The third kappa shape index (κ3) is 4.84. The number of amides is 1. The lowest BCUT2D eigenvalue weighted by Crippen LogP contribution is -2.18. The minimum absolute atomic E-state index is 0.279. The largest absolute Gasteiger partial charge is 0.482 e. The first-order valence-electron chi connectivity index (χ1n) is 7.32. The SMILES string of the molecule is CCOC(=O)c1sc(=NC(=O)COc2ccc(Cl)cc2Cl)n(C)c1C. The van der Waals surface area contributed by atoms with Crippen molar-refractivity contribution in [2.24, 2.45) is 12.0 Å². The fourth-order valence-electron chi connectivity index (χ4n) is 1.88. The Morgan fingerprint density at radius 3 is 2.68 bits per heavy atom. The molecule has 1 amide bonds. The average molecular weight is 403 g/mol. The summed E-state index contributed by atoms with van der Waals surface area (Å²) >= 11 is 12.9. The molecule has 1 aromatic carbocycles. The van der Waals surface area contributed by atoms with Crippen LogP contribution >= 0.6 is 34.5 Å². The summed E-state index contributed by atoms with van der Waals surface area (Å²) in [6.45, 7) is 3.49. The molecule has 0 aliphatic rings.